The Balaban J connectivity index is 2.12. The summed E-state index contributed by atoms with van der Waals surface area (Å²) in [5.74, 6) is -0.517. The predicted molar refractivity (Wildman–Crippen MR) is 85.4 cm³/mol. The summed E-state index contributed by atoms with van der Waals surface area (Å²) in [6.45, 7) is 3.75. The summed E-state index contributed by atoms with van der Waals surface area (Å²) in [4.78, 5) is 16.3. The number of aryl methyl sites for hydroxylation is 1. The summed E-state index contributed by atoms with van der Waals surface area (Å²) in [6.07, 6.45) is 0. The zero-order valence-electron chi connectivity index (χ0n) is 12.1. The Morgan fingerprint density at radius 2 is 2.41 bits per heavy atom. The van der Waals surface area contributed by atoms with E-state index in [0.717, 1.165) is 16.0 Å². The first-order valence-corrected chi connectivity index (χ1v) is 8.32. The quantitative estimate of drug-likeness (QED) is 0.818. The number of pyridine rings is 1. The molecule has 22 heavy (non-hydrogen) atoms. The number of halogens is 1. The van der Waals surface area contributed by atoms with Crippen LogP contribution in [0.2, 0.25) is 0 Å². The van der Waals surface area contributed by atoms with E-state index in [1.165, 1.54) is 0 Å². The van der Waals surface area contributed by atoms with E-state index in [2.05, 4.69) is 20.9 Å². The number of rotatable bonds is 4. The van der Waals surface area contributed by atoms with Crippen molar-refractivity contribution in [3.05, 3.63) is 43.8 Å². The van der Waals surface area contributed by atoms with Crippen molar-refractivity contribution >= 4 is 33.2 Å². The van der Waals surface area contributed by atoms with Gasteiger partial charge in [-0.25, -0.2) is 9.78 Å². The number of carboxylic acids is 1. The summed E-state index contributed by atoms with van der Waals surface area (Å²) in [5, 5.41) is 10.8. The molecule has 1 aliphatic heterocycles. The number of fused-ring (bicyclic) bond motifs is 1. The second-order valence-electron chi connectivity index (χ2n) is 5.15. The van der Waals surface area contributed by atoms with Crippen LogP contribution < -0.4 is 4.74 Å². The minimum atomic E-state index is -1.02. The average molecular weight is 384 g/mol. The Hall–Kier alpha value is -1.44. The Labute approximate surface area is 140 Å². The number of carboxylic acid groups (broad SMARTS) is 1. The van der Waals surface area contributed by atoms with Gasteiger partial charge in [0.05, 0.1) is 12.3 Å². The van der Waals surface area contributed by atoms with Gasteiger partial charge in [0.1, 0.15) is 16.0 Å². The highest BCUT2D eigenvalue weighted by molar-refractivity contribution is 9.10. The molecule has 0 radical (unpaired) electrons. The molecule has 5 nitrogen and oxygen atoms in total. The molecule has 7 heteroatoms. The maximum atomic E-state index is 10.8. The Morgan fingerprint density at radius 1 is 1.64 bits per heavy atom. The van der Waals surface area contributed by atoms with Gasteiger partial charge in [-0.1, -0.05) is 6.07 Å². The molecule has 2 aromatic rings. The van der Waals surface area contributed by atoms with Crippen LogP contribution in [-0.2, 0) is 21.7 Å². The molecule has 3 rings (SSSR count). The Kier molecular flexibility index (Phi) is 3.96. The van der Waals surface area contributed by atoms with Crippen molar-refractivity contribution in [1.29, 1.82) is 0 Å². The third-order valence-electron chi connectivity index (χ3n) is 3.69. The molecular weight excluding hydrogens is 370 g/mol. The monoisotopic (exact) mass is 383 g/mol. The lowest BCUT2D eigenvalue weighted by Gasteiger charge is -2.24. The van der Waals surface area contributed by atoms with E-state index >= 15 is 0 Å². The first-order chi connectivity index (χ1) is 10.4. The Morgan fingerprint density at radius 3 is 3.05 bits per heavy atom. The van der Waals surface area contributed by atoms with Gasteiger partial charge in [0.15, 0.2) is 6.61 Å². The van der Waals surface area contributed by atoms with Crippen LogP contribution in [0.4, 0.5) is 0 Å². The van der Waals surface area contributed by atoms with Crippen molar-refractivity contribution in [2.24, 2.45) is 0 Å². The summed E-state index contributed by atoms with van der Waals surface area (Å²) >= 11 is 5.13. The molecule has 1 unspecified atom stereocenters. The number of ether oxygens (including phenoxy) is 2. The van der Waals surface area contributed by atoms with Gasteiger partial charge >= 0.3 is 5.97 Å². The highest BCUT2D eigenvalue weighted by Gasteiger charge is 2.42. The topological polar surface area (TPSA) is 68.7 Å². The summed E-state index contributed by atoms with van der Waals surface area (Å²) < 4.78 is 12.2. The van der Waals surface area contributed by atoms with E-state index < -0.39 is 18.2 Å². The van der Waals surface area contributed by atoms with Gasteiger partial charge in [0.25, 0.3) is 0 Å². The van der Waals surface area contributed by atoms with E-state index in [1.54, 1.807) is 18.3 Å². The largest absolute Gasteiger partial charge is 0.480 e. The van der Waals surface area contributed by atoms with Gasteiger partial charge in [-0.15, -0.1) is 11.3 Å². The number of nitrogens with zero attached hydrogens (tertiary/aromatic N) is 1. The first kappa shape index (κ1) is 15.5. The van der Waals surface area contributed by atoms with Crippen molar-refractivity contribution in [3.63, 3.8) is 0 Å². The van der Waals surface area contributed by atoms with E-state index in [0.29, 0.717) is 22.7 Å². The molecule has 2 aromatic heterocycles. The molecule has 0 aliphatic carbocycles. The van der Waals surface area contributed by atoms with Crippen molar-refractivity contribution in [2.45, 2.75) is 26.1 Å². The van der Waals surface area contributed by atoms with Crippen LogP contribution in [0.3, 0.4) is 0 Å². The van der Waals surface area contributed by atoms with Crippen LogP contribution in [-0.4, -0.2) is 22.7 Å². The molecule has 1 aliphatic rings. The van der Waals surface area contributed by atoms with Gasteiger partial charge in [0.2, 0.25) is 0 Å². The van der Waals surface area contributed by atoms with Crippen LogP contribution in [0, 0.1) is 6.92 Å². The minimum Gasteiger partial charge on any atom is -0.480 e. The third-order valence-corrected chi connectivity index (χ3v) is 5.34. The number of thiophene rings is 1. The number of hydrogen-bond donors (Lipinski definition) is 1. The maximum Gasteiger partial charge on any atom is 0.341 e. The fourth-order valence-corrected chi connectivity index (χ4v) is 4.42. The van der Waals surface area contributed by atoms with Gasteiger partial charge in [0, 0.05) is 16.0 Å². The van der Waals surface area contributed by atoms with E-state index in [9.17, 15) is 4.79 Å². The SMILES string of the molecule is Cc1nc(Br)c2c(c1OCC(=O)O)COC2(C)c1cccs1. The smallest absolute Gasteiger partial charge is 0.341 e. The highest BCUT2D eigenvalue weighted by Crippen LogP contribution is 2.49. The van der Waals surface area contributed by atoms with Crippen LogP contribution >= 0.6 is 27.3 Å². The van der Waals surface area contributed by atoms with E-state index in [4.69, 9.17) is 14.6 Å². The van der Waals surface area contributed by atoms with Crippen molar-refractivity contribution in [2.75, 3.05) is 6.61 Å². The normalized spacial score (nSPS) is 20.0. The third kappa shape index (κ3) is 2.43. The number of aliphatic carboxylic acids is 1. The molecule has 1 atom stereocenters. The standard InChI is InChI=1S/C15H14BrNO4S/c1-8-13(20-7-11(18)19)9-6-21-15(2,10-4-3-5-22-10)12(9)14(16)17-8/h3-5H,6-7H2,1-2H3,(H,18,19). The van der Waals surface area contributed by atoms with E-state index in [-0.39, 0.29) is 0 Å². The molecule has 116 valence electrons. The zero-order chi connectivity index (χ0) is 15.9. The van der Waals surface area contributed by atoms with Gasteiger partial charge in [-0.05, 0) is 41.2 Å². The molecule has 3 heterocycles. The average Bonchev–Trinajstić information content (AvgIpc) is 3.07. The number of aromatic nitrogens is 1. The molecule has 0 saturated heterocycles. The zero-order valence-corrected chi connectivity index (χ0v) is 14.5. The van der Waals surface area contributed by atoms with Crippen LogP contribution in [0.1, 0.15) is 28.6 Å². The fourth-order valence-electron chi connectivity index (χ4n) is 2.69. The van der Waals surface area contributed by atoms with Crippen LogP contribution in [0.15, 0.2) is 22.1 Å². The van der Waals surface area contributed by atoms with E-state index in [1.807, 2.05) is 24.4 Å². The summed E-state index contributed by atoms with van der Waals surface area (Å²) in [7, 11) is 0. The van der Waals surface area contributed by atoms with Crippen LogP contribution in [0.5, 0.6) is 5.75 Å². The predicted octanol–water partition coefficient (Wildman–Crippen LogP) is 3.47. The second-order valence-corrected chi connectivity index (χ2v) is 6.85. The minimum absolute atomic E-state index is 0.362. The van der Waals surface area contributed by atoms with Gasteiger partial charge in [-0.2, -0.15) is 0 Å². The first-order valence-electron chi connectivity index (χ1n) is 6.65. The lowest BCUT2D eigenvalue weighted by molar-refractivity contribution is -0.139. The Bertz CT molecular complexity index is 732. The van der Waals surface area contributed by atoms with Crippen molar-refractivity contribution in [3.8, 4) is 5.75 Å². The summed E-state index contributed by atoms with van der Waals surface area (Å²) in [6, 6.07) is 3.99. The molecule has 0 bridgehead atoms. The van der Waals surface area contributed by atoms with Gasteiger partial charge in [-0.3, -0.25) is 0 Å². The molecule has 1 N–H and O–H groups in total. The summed E-state index contributed by atoms with van der Waals surface area (Å²) in [5.41, 5.74) is 1.80. The highest BCUT2D eigenvalue weighted by atomic mass is 79.9. The van der Waals surface area contributed by atoms with Crippen molar-refractivity contribution in [1.82, 2.24) is 4.98 Å². The molecular formula is C15H14BrNO4S. The molecule has 0 aromatic carbocycles. The lowest BCUT2D eigenvalue weighted by Crippen LogP contribution is -2.22. The molecule has 0 fully saturated rings. The maximum absolute atomic E-state index is 10.8. The fraction of sp³-hybridized carbons (Fsp3) is 0.333. The molecule has 0 amide bonds. The second kappa shape index (κ2) is 5.64. The van der Waals surface area contributed by atoms with Crippen LogP contribution in [0.25, 0.3) is 0 Å². The number of carbonyl (C=O) groups is 1. The molecule has 0 saturated carbocycles. The van der Waals surface area contributed by atoms with Crippen molar-refractivity contribution < 1.29 is 19.4 Å². The molecule has 0 spiro atoms. The number of hydrogen-bond acceptors (Lipinski definition) is 5. The van der Waals surface area contributed by atoms with Gasteiger partial charge < -0.3 is 14.6 Å². The lowest BCUT2D eigenvalue weighted by atomic mass is 9.93.